The van der Waals surface area contributed by atoms with Gasteiger partial charge in [0.1, 0.15) is 5.75 Å². The maximum Gasteiger partial charge on any atom is 0.220 e. The van der Waals surface area contributed by atoms with Crippen molar-refractivity contribution in [3.05, 3.63) is 35.9 Å². The van der Waals surface area contributed by atoms with Gasteiger partial charge < -0.3 is 10.1 Å². The van der Waals surface area contributed by atoms with E-state index in [9.17, 15) is 4.79 Å². The van der Waals surface area contributed by atoms with Gasteiger partial charge in [0.25, 0.3) is 0 Å². The van der Waals surface area contributed by atoms with Gasteiger partial charge in [-0.3, -0.25) is 4.79 Å². The minimum absolute atomic E-state index is 0.279. The standard InChI is InChI=1S/C27H37NO2/c1-26-16-14-23-21(11-13-24-27(23,2)17-15-25(29)28-24)22(26)12-8-19(26)7-4-18-5-9-20(30-3)10-6-18/h4-7,9-10,19,21-24H,8,11-17H2,1-3H3,(H,28,29)/b7-4+/t19-,21-,22-,23-,24+,26+,27+/m0/s1. The van der Waals surface area contributed by atoms with E-state index in [0.29, 0.717) is 22.8 Å². The van der Waals surface area contributed by atoms with Crippen LogP contribution in [0.1, 0.15) is 70.8 Å². The van der Waals surface area contributed by atoms with Crippen LogP contribution < -0.4 is 10.1 Å². The van der Waals surface area contributed by atoms with E-state index in [1.807, 2.05) is 12.1 Å². The van der Waals surface area contributed by atoms with Crippen molar-refractivity contribution in [3.8, 4) is 5.75 Å². The van der Waals surface area contributed by atoms with E-state index in [1.54, 1.807) is 7.11 Å². The third kappa shape index (κ3) is 3.11. The van der Waals surface area contributed by atoms with Crippen LogP contribution in [-0.2, 0) is 4.79 Å². The highest BCUT2D eigenvalue weighted by Gasteiger charge is 2.59. The molecular weight excluding hydrogens is 370 g/mol. The van der Waals surface area contributed by atoms with Crippen LogP contribution in [-0.4, -0.2) is 19.1 Å². The zero-order chi connectivity index (χ0) is 20.9. The molecule has 3 nitrogen and oxygen atoms in total. The zero-order valence-corrected chi connectivity index (χ0v) is 18.8. The molecule has 7 atom stereocenters. The Labute approximate surface area is 181 Å². The summed E-state index contributed by atoms with van der Waals surface area (Å²) in [5.41, 5.74) is 2.02. The largest absolute Gasteiger partial charge is 0.497 e. The van der Waals surface area contributed by atoms with E-state index in [1.165, 1.54) is 44.1 Å². The molecule has 3 heteroatoms. The predicted molar refractivity (Wildman–Crippen MR) is 121 cm³/mol. The topological polar surface area (TPSA) is 38.3 Å². The SMILES string of the molecule is COc1ccc(/C=C/[C@H]2CC[C@H]3[C@@H]4CC[C@H]5NC(=O)CC[C@]5(C)[C@H]4CC[C@]23C)cc1. The maximum absolute atomic E-state index is 12.0. The van der Waals surface area contributed by atoms with Gasteiger partial charge in [0.05, 0.1) is 7.11 Å². The quantitative estimate of drug-likeness (QED) is 0.683. The van der Waals surface area contributed by atoms with Crippen molar-refractivity contribution in [3.63, 3.8) is 0 Å². The van der Waals surface area contributed by atoms with Crippen LogP contribution in [0.25, 0.3) is 6.08 Å². The van der Waals surface area contributed by atoms with Crippen molar-refractivity contribution < 1.29 is 9.53 Å². The molecule has 0 radical (unpaired) electrons. The highest BCUT2D eigenvalue weighted by Crippen LogP contribution is 2.65. The van der Waals surface area contributed by atoms with Gasteiger partial charge in [0.2, 0.25) is 5.91 Å². The van der Waals surface area contributed by atoms with Crippen LogP contribution >= 0.6 is 0 Å². The van der Waals surface area contributed by atoms with Crippen LogP contribution in [0.5, 0.6) is 5.75 Å². The van der Waals surface area contributed by atoms with E-state index >= 15 is 0 Å². The molecule has 0 bridgehead atoms. The molecule has 3 aliphatic carbocycles. The summed E-state index contributed by atoms with van der Waals surface area (Å²) in [4.78, 5) is 12.0. The number of allylic oxidation sites excluding steroid dienone is 1. The van der Waals surface area contributed by atoms with Gasteiger partial charge in [-0.05, 0) is 97.1 Å². The molecule has 5 rings (SSSR count). The number of hydrogen-bond donors (Lipinski definition) is 1. The second kappa shape index (κ2) is 7.43. The van der Waals surface area contributed by atoms with Gasteiger partial charge in [-0.1, -0.05) is 38.1 Å². The molecule has 1 heterocycles. The summed E-state index contributed by atoms with van der Waals surface area (Å²) in [6.07, 6.45) is 14.5. The first-order chi connectivity index (χ1) is 14.4. The Balaban J connectivity index is 1.33. The van der Waals surface area contributed by atoms with Crippen LogP contribution in [0.3, 0.4) is 0 Å². The second-order valence-corrected chi connectivity index (χ2v) is 10.9. The number of benzene rings is 1. The third-order valence-electron chi connectivity index (χ3n) is 9.80. The van der Waals surface area contributed by atoms with E-state index in [0.717, 1.165) is 36.3 Å². The van der Waals surface area contributed by atoms with Crippen LogP contribution in [0.15, 0.2) is 30.3 Å². The van der Waals surface area contributed by atoms with Crippen LogP contribution in [0, 0.1) is 34.5 Å². The number of methoxy groups -OCH3 is 1. The lowest BCUT2D eigenvalue weighted by atomic mass is 9.47. The molecule has 0 aromatic heterocycles. The smallest absolute Gasteiger partial charge is 0.220 e. The molecule has 1 amide bonds. The number of amides is 1. The Morgan fingerprint density at radius 3 is 2.50 bits per heavy atom. The molecule has 0 unspecified atom stereocenters. The molecule has 0 spiro atoms. The van der Waals surface area contributed by atoms with E-state index in [-0.39, 0.29) is 5.91 Å². The van der Waals surface area contributed by atoms with Gasteiger partial charge in [-0.25, -0.2) is 0 Å². The van der Waals surface area contributed by atoms with Crippen LogP contribution in [0.2, 0.25) is 0 Å². The Hall–Kier alpha value is -1.77. The van der Waals surface area contributed by atoms with E-state index < -0.39 is 0 Å². The average Bonchev–Trinajstić information content (AvgIpc) is 3.09. The summed E-state index contributed by atoms with van der Waals surface area (Å²) < 4.78 is 5.29. The summed E-state index contributed by atoms with van der Waals surface area (Å²) in [6.45, 7) is 5.08. The fourth-order valence-electron chi connectivity index (χ4n) is 8.00. The van der Waals surface area contributed by atoms with Crippen molar-refractivity contribution >= 4 is 12.0 Å². The monoisotopic (exact) mass is 407 g/mol. The molecule has 1 aliphatic heterocycles. The van der Waals surface area contributed by atoms with Crippen molar-refractivity contribution in [2.45, 2.75) is 71.3 Å². The van der Waals surface area contributed by atoms with Gasteiger partial charge >= 0.3 is 0 Å². The lowest BCUT2D eigenvalue weighted by Crippen LogP contribution is -2.61. The molecule has 3 saturated carbocycles. The summed E-state index contributed by atoms with van der Waals surface area (Å²) in [6, 6.07) is 8.82. The summed E-state index contributed by atoms with van der Waals surface area (Å²) in [5, 5.41) is 3.36. The van der Waals surface area contributed by atoms with E-state index in [4.69, 9.17) is 4.74 Å². The van der Waals surface area contributed by atoms with Crippen LogP contribution in [0.4, 0.5) is 0 Å². The van der Waals surface area contributed by atoms with E-state index in [2.05, 4.69) is 43.4 Å². The lowest BCUT2D eigenvalue weighted by Gasteiger charge is -2.60. The van der Waals surface area contributed by atoms with Gasteiger partial charge in [-0.15, -0.1) is 0 Å². The number of piperidine rings is 1. The fourth-order valence-corrected chi connectivity index (χ4v) is 8.00. The zero-order valence-electron chi connectivity index (χ0n) is 18.8. The Kier molecular flexibility index (Phi) is 4.99. The molecule has 4 aliphatic rings. The number of carbonyl (C=O) groups excluding carboxylic acids is 1. The Bertz CT molecular complexity index is 830. The first kappa shape index (κ1) is 20.2. The average molecular weight is 408 g/mol. The minimum Gasteiger partial charge on any atom is -0.497 e. The number of carbonyl (C=O) groups is 1. The van der Waals surface area contributed by atoms with Gasteiger partial charge in [-0.2, -0.15) is 0 Å². The highest BCUT2D eigenvalue weighted by atomic mass is 16.5. The summed E-state index contributed by atoms with van der Waals surface area (Å²) in [7, 11) is 1.72. The molecule has 1 N–H and O–H groups in total. The molecule has 30 heavy (non-hydrogen) atoms. The Morgan fingerprint density at radius 2 is 1.73 bits per heavy atom. The predicted octanol–water partition coefficient (Wildman–Crippen LogP) is 5.85. The third-order valence-corrected chi connectivity index (χ3v) is 9.80. The van der Waals surface area contributed by atoms with Crippen molar-refractivity contribution in [1.29, 1.82) is 0 Å². The number of fused-ring (bicyclic) bond motifs is 5. The number of nitrogens with one attached hydrogen (secondary N) is 1. The highest BCUT2D eigenvalue weighted by molar-refractivity contribution is 5.77. The summed E-state index contributed by atoms with van der Waals surface area (Å²) in [5.74, 6) is 4.36. The first-order valence-corrected chi connectivity index (χ1v) is 12.1. The molecular formula is C27H37NO2. The van der Waals surface area contributed by atoms with Crippen molar-refractivity contribution in [2.75, 3.05) is 7.11 Å². The normalized spacial score (nSPS) is 42.9. The lowest BCUT2D eigenvalue weighted by molar-refractivity contribution is -0.136. The second-order valence-electron chi connectivity index (χ2n) is 10.9. The molecule has 1 saturated heterocycles. The minimum atomic E-state index is 0.279. The van der Waals surface area contributed by atoms with Gasteiger partial charge in [0.15, 0.2) is 0 Å². The molecule has 4 fully saturated rings. The number of hydrogen-bond acceptors (Lipinski definition) is 2. The maximum atomic E-state index is 12.0. The summed E-state index contributed by atoms with van der Waals surface area (Å²) >= 11 is 0. The van der Waals surface area contributed by atoms with Crippen molar-refractivity contribution in [2.24, 2.45) is 34.5 Å². The number of rotatable bonds is 3. The molecule has 162 valence electrons. The Morgan fingerprint density at radius 1 is 0.967 bits per heavy atom. The first-order valence-electron chi connectivity index (χ1n) is 12.1. The van der Waals surface area contributed by atoms with Gasteiger partial charge in [0, 0.05) is 12.5 Å². The molecule has 1 aromatic carbocycles. The molecule has 1 aromatic rings. The van der Waals surface area contributed by atoms with Crippen molar-refractivity contribution in [1.82, 2.24) is 5.32 Å². The fraction of sp³-hybridized carbons (Fsp3) is 0.667. The number of ether oxygens (including phenoxy) is 1.